The summed E-state index contributed by atoms with van der Waals surface area (Å²) in [6.45, 7) is 4.96. The fourth-order valence-corrected chi connectivity index (χ4v) is 2.34. The van der Waals surface area contributed by atoms with E-state index in [2.05, 4.69) is 13.8 Å². The summed E-state index contributed by atoms with van der Waals surface area (Å²) in [5.41, 5.74) is 1.26. The molecule has 2 rings (SSSR count). The Labute approximate surface area is 108 Å². The van der Waals surface area contributed by atoms with Crippen LogP contribution in [0.4, 0.5) is 0 Å². The van der Waals surface area contributed by atoms with E-state index in [0.717, 1.165) is 12.2 Å². The third kappa shape index (κ3) is 2.58. The Balaban J connectivity index is 1.86. The minimum absolute atomic E-state index is 0.0913. The van der Waals surface area contributed by atoms with Crippen LogP contribution in [-0.2, 0) is 11.3 Å². The molecular weight excluding hydrogens is 236 g/mol. The van der Waals surface area contributed by atoms with Crippen molar-refractivity contribution in [2.75, 3.05) is 7.11 Å². The monoisotopic (exact) mass is 254 g/mol. The highest BCUT2D eigenvalue weighted by molar-refractivity contribution is 6.21. The van der Waals surface area contributed by atoms with Crippen molar-refractivity contribution in [2.24, 2.45) is 5.41 Å². The Bertz CT molecular complexity index is 372. The SMILES string of the molecule is COc1ccc(COC2CC(Cl)C2(C)C)cc1. The van der Waals surface area contributed by atoms with E-state index in [9.17, 15) is 0 Å². The molecule has 1 fully saturated rings. The highest BCUT2D eigenvalue weighted by atomic mass is 35.5. The molecule has 0 aromatic heterocycles. The van der Waals surface area contributed by atoms with Crippen molar-refractivity contribution in [2.45, 2.75) is 38.4 Å². The maximum absolute atomic E-state index is 6.16. The van der Waals surface area contributed by atoms with E-state index in [-0.39, 0.29) is 16.9 Å². The van der Waals surface area contributed by atoms with Crippen molar-refractivity contribution < 1.29 is 9.47 Å². The van der Waals surface area contributed by atoms with Gasteiger partial charge in [-0.1, -0.05) is 26.0 Å². The zero-order valence-electron chi connectivity index (χ0n) is 10.6. The van der Waals surface area contributed by atoms with Crippen LogP contribution < -0.4 is 4.74 Å². The van der Waals surface area contributed by atoms with Crippen LogP contribution in [0.15, 0.2) is 24.3 Å². The average Bonchev–Trinajstić information content (AvgIpc) is 2.35. The quantitative estimate of drug-likeness (QED) is 0.764. The van der Waals surface area contributed by atoms with Gasteiger partial charge in [-0.3, -0.25) is 0 Å². The number of hydrogen-bond donors (Lipinski definition) is 0. The molecule has 94 valence electrons. The van der Waals surface area contributed by atoms with Crippen molar-refractivity contribution in [1.82, 2.24) is 0 Å². The van der Waals surface area contributed by atoms with Crippen LogP contribution in [0.1, 0.15) is 25.8 Å². The molecule has 0 N–H and O–H groups in total. The van der Waals surface area contributed by atoms with Gasteiger partial charge < -0.3 is 9.47 Å². The average molecular weight is 255 g/mol. The predicted octanol–water partition coefficient (Wildman–Crippen LogP) is 3.62. The number of methoxy groups -OCH3 is 1. The molecule has 1 aromatic carbocycles. The van der Waals surface area contributed by atoms with E-state index in [4.69, 9.17) is 21.1 Å². The lowest BCUT2D eigenvalue weighted by Gasteiger charge is -2.48. The molecule has 1 aliphatic rings. The molecule has 0 bridgehead atoms. The Morgan fingerprint density at radius 2 is 1.94 bits per heavy atom. The largest absolute Gasteiger partial charge is 0.497 e. The summed E-state index contributed by atoms with van der Waals surface area (Å²) in [6, 6.07) is 7.97. The molecule has 0 heterocycles. The lowest BCUT2D eigenvalue weighted by molar-refractivity contribution is -0.0967. The molecule has 0 amide bonds. The van der Waals surface area contributed by atoms with Crippen molar-refractivity contribution >= 4 is 11.6 Å². The van der Waals surface area contributed by atoms with Crippen molar-refractivity contribution in [3.63, 3.8) is 0 Å². The van der Waals surface area contributed by atoms with Crippen LogP contribution in [-0.4, -0.2) is 18.6 Å². The minimum Gasteiger partial charge on any atom is -0.497 e. The summed E-state index contributed by atoms with van der Waals surface area (Å²) >= 11 is 6.16. The van der Waals surface area contributed by atoms with Gasteiger partial charge in [-0.05, 0) is 24.1 Å². The summed E-state index contributed by atoms with van der Waals surface area (Å²) in [5, 5.41) is 0.239. The topological polar surface area (TPSA) is 18.5 Å². The van der Waals surface area contributed by atoms with Crippen LogP contribution in [0, 0.1) is 5.41 Å². The number of benzene rings is 1. The van der Waals surface area contributed by atoms with Gasteiger partial charge in [-0.25, -0.2) is 0 Å². The second kappa shape index (κ2) is 4.87. The molecule has 0 saturated heterocycles. The first-order valence-electron chi connectivity index (χ1n) is 5.92. The molecule has 2 nitrogen and oxygen atoms in total. The molecule has 1 aliphatic carbocycles. The normalized spacial score (nSPS) is 26.4. The lowest BCUT2D eigenvalue weighted by atomic mass is 9.68. The van der Waals surface area contributed by atoms with E-state index in [1.165, 1.54) is 5.56 Å². The fourth-order valence-electron chi connectivity index (χ4n) is 2.04. The maximum Gasteiger partial charge on any atom is 0.118 e. The first kappa shape index (κ1) is 12.7. The van der Waals surface area contributed by atoms with Gasteiger partial charge in [0.25, 0.3) is 0 Å². The number of rotatable bonds is 4. The van der Waals surface area contributed by atoms with Gasteiger partial charge in [-0.15, -0.1) is 11.6 Å². The number of halogens is 1. The van der Waals surface area contributed by atoms with Gasteiger partial charge in [-0.2, -0.15) is 0 Å². The number of alkyl halides is 1. The summed E-state index contributed by atoms with van der Waals surface area (Å²) in [4.78, 5) is 0. The lowest BCUT2D eigenvalue weighted by Crippen LogP contribution is -2.51. The number of hydrogen-bond acceptors (Lipinski definition) is 2. The van der Waals surface area contributed by atoms with Gasteiger partial charge in [0.15, 0.2) is 0 Å². The van der Waals surface area contributed by atoms with Gasteiger partial charge in [0.2, 0.25) is 0 Å². The van der Waals surface area contributed by atoms with Crippen molar-refractivity contribution in [3.05, 3.63) is 29.8 Å². The zero-order chi connectivity index (χ0) is 12.5. The Kier molecular flexibility index (Phi) is 3.64. The second-order valence-electron chi connectivity index (χ2n) is 5.17. The zero-order valence-corrected chi connectivity index (χ0v) is 11.3. The van der Waals surface area contributed by atoms with Crippen LogP contribution in [0.5, 0.6) is 5.75 Å². The molecule has 17 heavy (non-hydrogen) atoms. The van der Waals surface area contributed by atoms with E-state index in [0.29, 0.717) is 6.61 Å². The van der Waals surface area contributed by atoms with Crippen LogP contribution in [0.3, 0.4) is 0 Å². The highest BCUT2D eigenvalue weighted by Crippen LogP contribution is 2.46. The number of ether oxygens (including phenoxy) is 2. The third-order valence-corrected chi connectivity index (χ3v) is 4.41. The second-order valence-corrected chi connectivity index (χ2v) is 5.70. The van der Waals surface area contributed by atoms with Gasteiger partial charge in [0.05, 0.1) is 19.8 Å². The molecular formula is C14H19ClO2. The van der Waals surface area contributed by atoms with Crippen LogP contribution in [0.25, 0.3) is 0 Å². The van der Waals surface area contributed by atoms with Crippen molar-refractivity contribution in [1.29, 1.82) is 0 Å². The standard InChI is InChI=1S/C14H19ClO2/c1-14(2)12(15)8-13(14)17-9-10-4-6-11(16-3)7-5-10/h4-7,12-13H,8-9H2,1-3H3. The van der Waals surface area contributed by atoms with Crippen LogP contribution >= 0.6 is 11.6 Å². The molecule has 1 saturated carbocycles. The predicted molar refractivity (Wildman–Crippen MR) is 69.6 cm³/mol. The molecule has 3 heteroatoms. The first-order chi connectivity index (χ1) is 8.04. The third-order valence-electron chi connectivity index (χ3n) is 3.67. The molecule has 0 aliphatic heterocycles. The molecule has 1 aromatic rings. The van der Waals surface area contributed by atoms with Gasteiger partial charge >= 0.3 is 0 Å². The van der Waals surface area contributed by atoms with Crippen LogP contribution in [0.2, 0.25) is 0 Å². The Hall–Kier alpha value is -0.730. The van der Waals surface area contributed by atoms with E-state index in [1.54, 1.807) is 7.11 Å². The van der Waals surface area contributed by atoms with E-state index in [1.807, 2.05) is 24.3 Å². The minimum atomic E-state index is 0.0913. The maximum atomic E-state index is 6.16. The van der Waals surface area contributed by atoms with E-state index < -0.39 is 0 Å². The fraction of sp³-hybridized carbons (Fsp3) is 0.571. The van der Waals surface area contributed by atoms with Gasteiger partial charge in [0, 0.05) is 10.8 Å². The first-order valence-corrected chi connectivity index (χ1v) is 6.36. The summed E-state index contributed by atoms with van der Waals surface area (Å²) in [6.07, 6.45) is 1.22. The molecule has 0 radical (unpaired) electrons. The Morgan fingerprint density at radius 3 is 2.41 bits per heavy atom. The summed E-state index contributed by atoms with van der Waals surface area (Å²) in [7, 11) is 1.67. The molecule has 2 unspecified atom stereocenters. The molecule has 0 spiro atoms. The van der Waals surface area contributed by atoms with Crippen molar-refractivity contribution in [3.8, 4) is 5.75 Å². The molecule has 2 atom stereocenters. The summed E-state index contributed by atoms with van der Waals surface area (Å²) < 4.78 is 11.0. The Morgan fingerprint density at radius 1 is 1.29 bits per heavy atom. The highest BCUT2D eigenvalue weighted by Gasteiger charge is 2.47. The smallest absolute Gasteiger partial charge is 0.118 e. The van der Waals surface area contributed by atoms with E-state index >= 15 is 0 Å². The van der Waals surface area contributed by atoms with Gasteiger partial charge in [0.1, 0.15) is 5.75 Å². The summed E-state index contributed by atoms with van der Waals surface area (Å²) in [5.74, 6) is 0.874.